The zero-order chi connectivity index (χ0) is 22.8. The second-order valence-corrected chi connectivity index (χ2v) is 6.58. The van der Waals surface area contributed by atoms with Crippen LogP contribution in [-0.2, 0) is 6.42 Å². The van der Waals surface area contributed by atoms with Gasteiger partial charge in [-0.1, -0.05) is 52.0 Å². The molecule has 2 aromatic carbocycles. The van der Waals surface area contributed by atoms with Crippen molar-refractivity contribution in [2.45, 2.75) is 34.1 Å². The largest absolute Gasteiger partial charge is 0.336 e. The number of nitrogens with one attached hydrogen (secondary N) is 2. The molecule has 2 heterocycles. The molecule has 2 N–H and O–H groups in total. The SMILES string of the molecule is CC.CC.O=C(c1cc(Cc2n[nH]c(=O)c3ccccc23)ccc1F)N1CCNCC1. The molecule has 7 heteroatoms. The molecule has 6 nitrogen and oxygen atoms in total. The van der Waals surface area contributed by atoms with E-state index in [1.165, 1.54) is 6.07 Å². The van der Waals surface area contributed by atoms with E-state index in [0.29, 0.717) is 43.7 Å². The number of carbonyl (C=O) groups excluding carboxylic acids is 1. The van der Waals surface area contributed by atoms with Crippen molar-refractivity contribution in [3.63, 3.8) is 0 Å². The molecule has 31 heavy (non-hydrogen) atoms. The lowest BCUT2D eigenvalue weighted by atomic mass is 10.0. The molecule has 166 valence electrons. The molecule has 3 aromatic rings. The summed E-state index contributed by atoms with van der Waals surface area (Å²) < 4.78 is 14.3. The van der Waals surface area contributed by atoms with Crippen molar-refractivity contribution in [3.8, 4) is 0 Å². The van der Waals surface area contributed by atoms with Crippen molar-refractivity contribution in [2.24, 2.45) is 0 Å². The molecule has 0 saturated carbocycles. The average molecular weight is 427 g/mol. The predicted molar refractivity (Wildman–Crippen MR) is 123 cm³/mol. The first-order valence-corrected chi connectivity index (χ1v) is 10.9. The molecule has 1 aliphatic rings. The Morgan fingerprint density at radius 3 is 2.35 bits per heavy atom. The van der Waals surface area contributed by atoms with Crippen molar-refractivity contribution in [1.82, 2.24) is 20.4 Å². The van der Waals surface area contributed by atoms with Gasteiger partial charge in [-0.25, -0.2) is 9.49 Å². The summed E-state index contributed by atoms with van der Waals surface area (Å²) in [6, 6.07) is 11.8. The molecule has 1 aromatic heterocycles. The van der Waals surface area contributed by atoms with Crippen molar-refractivity contribution < 1.29 is 9.18 Å². The number of benzene rings is 2. The third-order valence-corrected chi connectivity index (χ3v) is 4.81. The second kappa shape index (κ2) is 12.0. The van der Waals surface area contributed by atoms with Crippen LogP contribution in [0.1, 0.15) is 49.3 Å². The number of hydrogen-bond donors (Lipinski definition) is 2. The molecule has 0 aliphatic carbocycles. The number of hydrogen-bond acceptors (Lipinski definition) is 4. The van der Waals surface area contributed by atoms with Gasteiger partial charge in [-0.3, -0.25) is 9.59 Å². The maximum atomic E-state index is 14.3. The van der Waals surface area contributed by atoms with Gasteiger partial charge in [0.25, 0.3) is 11.5 Å². The number of piperazine rings is 1. The molecule has 0 unspecified atom stereocenters. The molecule has 1 amide bonds. The van der Waals surface area contributed by atoms with E-state index in [-0.39, 0.29) is 17.0 Å². The summed E-state index contributed by atoms with van der Waals surface area (Å²) in [5.74, 6) is -0.822. The molecule has 1 saturated heterocycles. The van der Waals surface area contributed by atoms with E-state index in [2.05, 4.69) is 15.5 Å². The molecular weight excluding hydrogens is 395 g/mol. The number of fused-ring (bicyclic) bond motifs is 1. The molecule has 0 radical (unpaired) electrons. The van der Waals surface area contributed by atoms with Crippen LogP contribution < -0.4 is 10.9 Å². The van der Waals surface area contributed by atoms with Gasteiger partial charge in [-0.15, -0.1) is 0 Å². The Morgan fingerprint density at radius 2 is 1.68 bits per heavy atom. The number of rotatable bonds is 3. The fourth-order valence-electron chi connectivity index (χ4n) is 3.38. The Bertz CT molecular complexity index is 1060. The third kappa shape index (κ3) is 5.76. The first-order chi connectivity index (χ1) is 15.1. The van der Waals surface area contributed by atoms with Crippen LogP contribution in [-0.4, -0.2) is 47.2 Å². The van der Waals surface area contributed by atoms with Crippen molar-refractivity contribution in [1.29, 1.82) is 0 Å². The average Bonchev–Trinajstić information content (AvgIpc) is 2.85. The van der Waals surface area contributed by atoms with Gasteiger partial charge in [-0.2, -0.15) is 5.10 Å². The molecule has 0 bridgehead atoms. The highest BCUT2D eigenvalue weighted by Crippen LogP contribution is 2.19. The van der Waals surface area contributed by atoms with Crippen molar-refractivity contribution >= 4 is 16.7 Å². The lowest BCUT2D eigenvalue weighted by Gasteiger charge is -2.27. The summed E-state index contributed by atoms with van der Waals surface area (Å²) in [6.07, 6.45) is 0.388. The maximum Gasteiger partial charge on any atom is 0.272 e. The molecule has 0 atom stereocenters. The van der Waals surface area contributed by atoms with Crippen molar-refractivity contribution in [2.75, 3.05) is 26.2 Å². The van der Waals surface area contributed by atoms with E-state index in [1.54, 1.807) is 29.2 Å². The number of halogens is 1. The van der Waals surface area contributed by atoms with E-state index < -0.39 is 5.82 Å². The summed E-state index contributed by atoms with van der Waals surface area (Å²) in [5.41, 5.74) is 1.27. The van der Waals surface area contributed by atoms with Gasteiger partial charge in [0, 0.05) is 38.0 Å². The van der Waals surface area contributed by atoms with E-state index in [1.807, 2.05) is 39.8 Å². The van der Waals surface area contributed by atoms with Crippen molar-refractivity contribution in [3.05, 3.63) is 75.5 Å². The molecule has 1 fully saturated rings. The summed E-state index contributed by atoms with van der Waals surface area (Å²) >= 11 is 0. The van der Waals surface area contributed by atoms with E-state index in [9.17, 15) is 14.0 Å². The summed E-state index contributed by atoms with van der Waals surface area (Å²) in [7, 11) is 0. The van der Waals surface area contributed by atoms with Crippen LogP contribution >= 0.6 is 0 Å². The van der Waals surface area contributed by atoms with E-state index in [4.69, 9.17) is 0 Å². The quantitative estimate of drug-likeness (QED) is 0.669. The van der Waals surface area contributed by atoms with Gasteiger partial charge in [0.15, 0.2) is 0 Å². The monoisotopic (exact) mass is 426 g/mol. The van der Waals surface area contributed by atoms with Gasteiger partial charge < -0.3 is 10.2 Å². The topological polar surface area (TPSA) is 78.1 Å². The molecule has 4 rings (SSSR count). The minimum atomic E-state index is -0.526. The van der Waals surface area contributed by atoms with Crippen LogP contribution in [0.25, 0.3) is 10.8 Å². The molecular formula is C24H31FN4O2. The lowest BCUT2D eigenvalue weighted by molar-refractivity contribution is 0.0731. The normalized spacial score (nSPS) is 13.0. The first kappa shape index (κ1) is 24.2. The van der Waals surface area contributed by atoms with Gasteiger partial charge in [0.05, 0.1) is 16.6 Å². The number of nitrogens with zero attached hydrogens (tertiary/aromatic N) is 2. The maximum absolute atomic E-state index is 14.3. The zero-order valence-corrected chi connectivity index (χ0v) is 18.7. The van der Waals surface area contributed by atoms with Crippen LogP contribution in [0.5, 0.6) is 0 Å². The van der Waals surface area contributed by atoms with Crippen LogP contribution in [0, 0.1) is 5.82 Å². The van der Waals surface area contributed by atoms with Gasteiger partial charge >= 0.3 is 0 Å². The lowest BCUT2D eigenvalue weighted by Crippen LogP contribution is -2.46. The fraction of sp³-hybridized carbons (Fsp3) is 0.375. The summed E-state index contributed by atoms with van der Waals surface area (Å²) in [6.45, 7) is 10.5. The fourth-order valence-corrected chi connectivity index (χ4v) is 3.38. The Hall–Kier alpha value is -3.06. The summed E-state index contributed by atoms with van der Waals surface area (Å²) in [5, 5.41) is 11.1. The number of carbonyl (C=O) groups is 1. The summed E-state index contributed by atoms with van der Waals surface area (Å²) in [4.78, 5) is 26.3. The number of H-pyrrole nitrogens is 1. The van der Waals surface area contributed by atoms with Gasteiger partial charge in [0.2, 0.25) is 0 Å². The van der Waals surface area contributed by atoms with Gasteiger partial charge in [-0.05, 0) is 23.8 Å². The second-order valence-electron chi connectivity index (χ2n) is 6.58. The molecule has 0 spiro atoms. The Kier molecular flexibility index (Phi) is 9.34. The standard InChI is InChI=1S/C20H19FN4O2.2C2H6/c21-17-6-5-13(11-16(17)20(27)25-9-7-22-8-10-25)12-18-14-3-1-2-4-15(14)19(26)24-23-18;2*1-2/h1-6,11,22H,7-10,12H2,(H,24,26);2*1-2H3. The highest BCUT2D eigenvalue weighted by molar-refractivity contribution is 5.95. The van der Waals surface area contributed by atoms with E-state index >= 15 is 0 Å². The Balaban J connectivity index is 0.000000807. The Morgan fingerprint density at radius 1 is 1.03 bits per heavy atom. The molecule has 1 aliphatic heterocycles. The number of amides is 1. The van der Waals surface area contributed by atoms with Crippen LogP contribution in [0.2, 0.25) is 0 Å². The Labute approximate surface area is 182 Å². The van der Waals surface area contributed by atoms with Crippen LogP contribution in [0.15, 0.2) is 47.3 Å². The van der Waals surface area contributed by atoms with Crippen LogP contribution in [0.3, 0.4) is 0 Å². The van der Waals surface area contributed by atoms with E-state index in [0.717, 1.165) is 10.9 Å². The third-order valence-electron chi connectivity index (χ3n) is 4.81. The predicted octanol–water partition coefficient (Wildman–Crippen LogP) is 3.75. The zero-order valence-electron chi connectivity index (χ0n) is 18.7. The smallest absolute Gasteiger partial charge is 0.272 e. The minimum absolute atomic E-state index is 0.0723. The van der Waals surface area contributed by atoms with Crippen LogP contribution in [0.4, 0.5) is 4.39 Å². The number of aromatic amines is 1. The highest BCUT2D eigenvalue weighted by atomic mass is 19.1. The van der Waals surface area contributed by atoms with Gasteiger partial charge in [0.1, 0.15) is 5.82 Å². The number of aromatic nitrogens is 2. The first-order valence-electron chi connectivity index (χ1n) is 10.9. The highest BCUT2D eigenvalue weighted by Gasteiger charge is 2.21. The minimum Gasteiger partial charge on any atom is -0.336 e.